The molecule has 0 fully saturated rings. The molecule has 3 rings (SSSR count). The topological polar surface area (TPSA) is 88.9 Å². The number of nitrogens with zero attached hydrogens (tertiary/aromatic N) is 3. The molecule has 2 heterocycles. The van der Waals surface area contributed by atoms with Crippen molar-refractivity contribution in [1.82, 2.24) is 25.4 Å². The molecule has 30 heavy (non-hydrogen) atoms. The summed E-state index contributed by atoms with van der Waals surface area (Å²) in [6, 6.07) is 6.03. The molecule has 0 bridgehead atoms. The maximum atomic E-state index is 12.8. The van der Waals surface area contributed by atoms with Crippen LogP contribution in [0.5, 0.6) is 0 Å². The van der Waals surface area contributed by atoms with Crippen molar-refractivity contribution in [3.8, 4) is 0 Å². The second-order valence-electron chi connectivity index (χ2n) is 8.20. The Hall–Kier alpha value is -2.41. The highest BCUT2D eigenvalue weighted by molar-refractivity contribution is 6.30. The summed E-state index contributed by atoms with van der Waals surface area (Å²) in [6.07, 6.45) is 5.65. The monoisotopic (exact) mass is 431 g/mol. The number of fused-ring (bicyclic) bond motifs is 1. The zero-order valence-electron chi connectivity index (χ0n) is 17.7. The molecule has 162 valence electrons. The van der Waals surface area contributed by atoms with Crippen molar-refractivity contribution in [3.05, 3.63) is 46.5 Å². The number of benzene rings is 1. The fourth-order valence-corrected chi connectivity index (χ4v) is 3.82. The Morgan fingerprint density at radius 3 is 2.63 bits per heavy atom. The Morgan fingerprint density at radius 1 is 1.13 bits per heavy atom. The average Bonchev–Trinajstić information content (AvgIpc) is 2.93. The molecule has 2 aromatic rings. The number of carbonyl (C=O) groups is 2. The minimum Gasteiger partial charge on any atom is -0.354 e. The number of rotatable bonds is 8. The van der Waals surface area contributed by atoms with Gasteiger partial charge in [0.05, 0.1) is 0 Å². The fourth-order valence-electron chi connectivity index (χ4n) is 3.70. The molecular formula is C22H30ClN5O2. The van der Waals surface area contributed by atoms with E-state index in [4.69, 9.17) is 11.6 Å². The third-order valence-corrected chi connectivity index (χ3v) is 5.52. The number of aryl methyl sites for hydroxylation is 1. The Kier molecular flexibility index (Phi) is 7.85. The van der Waals surface area contributed by atoms with Gasteiger partial charge >= 0.3 is 0 Å². The standard InChI is InChI=1S/C22H30ClN5O2/c1-15(2)14-18(25-21(29)16-7-9-17(23)10-8-16)22(30)24-12-11-20-27-26-19-6-4-3-5-13-28(19)20/h7-10,15,18H,3-6,11-14H2,1-2H3,(H,24,30)(H,25,29). The van der Waals surface area contributed by atoms with Gasteiger partial charge in [-0.3, -0.25) is 9.59 Å². The third kappa shape index (κ3) is 6.05. The molecular weight excluding hydrogens is 402 g/mol. The van der Waals surface area contributed by atoms with Crippen molar-refractivity contribution >= 4 is 23.4 Å². The van der Waals surface area contributed by atoms with Crippen LogP contribution in [0.1, 0.15) is 61.5 Å². The van der Waals surface area contributed by atoms with Gasteiger partial charge in [-0.1, -0.05) is 31.9 Å². The van der Waals surface area contributed by atoms with Crippen LogP contribution in [-0.2, 0) is 24.2 Å². The molecule has 1 aromatic heterocycles. The van der Waals surface area contributed by atoms with Crippen LogP contribution in [-0.4, -0.2) is 39.2 Å². The number of carbonyl (C=O) groups excluding carboxylic acids is 2. The molecule has 0 saturated carbocycles. The maximum Gasteiger partial charge on any atom is 0.251 e. The summed E-state index contributed by atoms with van der Waals surface area (Å²) in [6.45, 7) is 5.46. The van der Waals surface area contributed by atoms with Gasteiger partial charge in [0.25, 0.3) is 5.91 Å². The van der Waals surface area contributed by atoms with Crippen molar-refractivity contribution in [2.24, 2.45) is 5.92 Å². The molecule has 1 aliphatic heterocycles. The van der Waals surface area contributed by atoms with E-state index in [9.17, 15) is 9.59 Å². The molecule has 0 spiro atoms. The summed E-state index contributed by atoms with van der Waals surface area (Å²) in [5.41, 5.74) is 0.479. The molecule has 0 saturated heterocycles. The minimum atomic E-state index is -0.594. The van der Waals surface area contributed by atoms with Gasteiger partial charge < -0.3 is 15.2 Å². The van der Waals surface area contributed by atoms with Crippen LogP contribution in [0, 0.1) is 5.92 Å². The van der Waals surface area contributed by atoms with Gasteiger partial charge in [-0.05, 0) is 49.4 Å². The van der Waals surface area contributed by atoms with Gasteiger partial charge in [0, 0.05) is 36.5 Å². The first kappa shape index (κ1) is 22.3. The fraction of sp³-hybridized carbons (Fsp3) is 0.545. The van der Waals surface area contributed by atoms with E-state index < -0.39 is 6.04 Å². The van der Waals surface area contributed by atoms with E-state index in [1.54, 1.807) is 24.3 Å². The van der Waals surface area contributed by atoms with Gasteiger partial charge in [-0.2, -0.15) is 0 Å². The first-order valence-corrected chi connectivity index (χ1v) is 11.1. The molecule has 1 atom stereocenters. The van der Waals surface area contributed by atoms with Gasteiger partial charge in [-0.25, -0.2) is 0 Å². The van der Waals surface area contributed by atoms with Crippen LogP contribution in [0.15, 0.2) is 24.3 Å². The summed E-state index contributed by atoms with van der Waals surface area (Å²) in [5.74, 6) is 1.76. The molecule has 0 radical (unpaired) electrons. The van der Waals surface area contributed by atoms with E-state index in [1.165, 1.54) is 6.42 Å². The van der Waals surface area contributed by atoms with Gasteiger partial charge in [0.1, 0.15) is 17.7 Å². The molecule has 2 amide bonds. The third-order valence-electron chi connectivity index (χ3n) is 5.27. The van der Waals surface area contributed by atoms with E-state index in [1.807, 2.05) is 13.8 Å². The van der Waals surface area contributed by atoms with Crippen LogP contribution in [0.25, 0.3) is 0 Å². The Bertz CT molecular complexity index is 863. The number of aromatic nitrogens is 3. The largest absolute Gasteiger partial charge is 0.354 e. The predicted molar refractivity (Wildman–Crippen MR) is 116 cm³/mol. The van der Waals surface area contributed by atoms with Crippen LogP contribution in [0.4, 0.5) is 0 Å². The minimum absolute atomic E-state index is 0.179. The Balaban J connectivity index is 1.57. The summed E-state index contributed by atoms with van der Waals surface area (Å²) < 4.78 is 2.19. The lowest BCUT2D eigenvalue weighted by atomic mass is 10.0. The Morgan fingerprint density at radius 2 is 1.90 bits per heavy atom. The van der Waals surface area contributed by atoms with E-state index in [-0.39, 0.29) is 17.7 Å². The van der Waals surface area contributed by atoms with Crippen molar-refractivity contribution in [2.75, 3.05) is 6.54 Å². The SMILES string of the molecule is CC(C)CC(NC(=O)c1ccc(Cl)cc1)C(=O)NCCc1nnc2n1CCCCC2. The van der Waals surface area contributed by atoms with Crippen molar-refractivity contribution < 1.29 is 9.59 Å². The predicted octanol–water partition coefficient (Wildman–Crippen LogP) is 3.16. The van der Waals surface area contributed by atoms with Crippen LogP contribution in [0.3, 0.4) is 0 Å². The van der Waals surface area contributed by atoms with Crippen LogP contribution in [0.2, 0.25) is 5.02 Å². The van der Waals surface area contributed by atoms with Gasteiger partial charge in [0.2, 0.25) is 5.91 Å². The number of hydrogen-bond donors (Lipinski definition) is 2. The molecule has 8 heteroatoms. The smallest absolute Gasteiger partial charge is 0.251 e. The van der Waals surface area contributed by atoms with Crippen LogP contribution >= 0.6 is 11.6 Å². The number of hydrogen-bond acceptors (Lipinski definition) is 4. The van der Waals surface area contributed by atoms with Crippen molar-refractivity contribution in [3.63, 3.8) is 0 Å². The summed E-state index contributed by atoms with van der Waals surface area (Å²) >= 11 is 5.89. The zero-order valence-corrected chi connectivity index (χ0v) is 18.4. The molecule has 1 aliphatic rings. The number of nitrogens with one attached hydrogen (secondary N) is 2. The van der Waals surface area contributed by atoms with E-state index >= 15 is 0 Å². The van der Waals surface area contributed by atoms with Gasteiger partial charge in [0.15, 0.2) is 0 Å². The maximum absolute atomic E-state index is 12.8. The second kappa shape index (κ2) is 10.6. The normalized spacial score (nSPS) is 14.7. The summed E-state index contributed by atoms with van der Waals surface area (Å²) in [5, 5.41) is 15.0. The van der Waals surface area contributed by atoms with Crippen LogP contribution < -0.4 is 10.6 Å². The first-order chi connectivity index (χ1) is 14.4. The molecule has 1 unspecified atom stereocenters. The number of amides is 2. The average molecular weight is 432 g/mol. The zero-order chi connectivity index (χ0) is 21.5. The highest BCUT2D eigenvalue weighted by atomic mass is 35.5. The molecule has 0 aliphatic carbocycles. The first-order valence-electron chi connectivity index (χ1n) is 10.7. The van der Waals surface area contributed by atoms with Crippen molar-refractivity contribution in [1.29, 1.82) is 0 Å². The lowest BCUT2D eigenvalue weighted by Gasteiger charge is -2.20. The highest BCUT2D eigenvalue weighted by Gasteiger charge is 2.23. The van der Waals surface area contributed by atoms with E-state index in [2.05, 4.69) is 25.4 Å². The molecule has 2 N–H and O–H groups in total. The second-order valence-corrected chi connectivity index (χ2v) is 8.63. The van der Waals surface area contributed by atoms with Crippen molar-refractivity contribution in [2.45, 2.75) is 65.0 Å². The quantitative estimate of drug-likeness (QED) is 0.671. The summed E-state index contributed by atoms with van der Waals surface area (Å²) in [4.78, 5) is 25.3. The number of halogens is 1. The van der Waals surface area contributed by atoms with E-state index in [0.717, 1.165) is 37.5 Å². The highest BCUT2D eigenvalue weighted by Crippen LogP contribution is 2.15. The van der Waals surface area contributed by atoms with Gasteiger partial charge in [-0.15, -0.1) is 10.2 Å². The molecule has 1 aromatic carbocycles. The Labute approximate surface area is 182 Å². The summed E-state index contributed by atoms with van der Waals surface area (Å²) in [7, 11) is 0. The lowest BCUT2D eigenvalue weighted by molar-refractivity contribution is -0.123. The van der Waals surface area contributed by atoms with E-state index in [0.29, 0.717) is 30.0 Å². The molecule has 7 nitrogen and oxygen atoms in total. The lowest BCUT2D eigenvalue weighted by Crippen LogP contribution is -2.47.